The average Bonchev–Trinajstić information content (AvgIpc) is 3.22. The second-order valence-corrected chi connectivity index (χ2v) is 14.5. The Balaban J connectivity index is 1.76. The Bertz CT molecular complexity index is 621. The topological polar surface area (TPSA) is 121 Å². The summed E-state index contributed by atoms with van der Waals surface area (Å²) in [7, 11) is 0. The summed E-state index contributed by atoms with van der Waals surface area (Å²) >= 11 is -1.93. The molecule has 2 fully saturated rings. The van der Waals surface area contributed by atoms with Crippen LogP contribution in [-0.4, -0.2) is 52.3 Å². The average molecular weight is 489 g/mol. The van der Waals surface area contributed by atoms with Crippen LogP contribution in [0, 0.1) is 10.8 Å². The highest BCUT2D eigenvalue weighted by atomic mass is 32.2. The van der Waals surface area contributed by atoms with Crippen LogP contribution in [0.5, 0.6) is 0 Å². The first kappa shape index (κ1) is 27.5. The summed E-state index contributed by atoms with van der Waals surface area (Å²) < 4.78 is 25.7. The monoisotopic (exact) mass is 488 g/mol. The molecule has 0 aromatic carbocycles. The molecule has 8 heteroatoms. The summed E-state index contributed by atoms with van der Waals surface area (Å²) in [4.78, 5) is 22.5. The van der Waals surface area contributed by atoms with Crippen molar-refractivity contribution in [2.75, 3.05) is 0 Å². The van der Waals surface area contributed by atoms with Crippen molar-refractivity contribution in [1.29, 1.82) is 0 Å². The van der Waals surface area contributed by atoms with Gasteiger partial charge >= 0.3 is 11.9 Å². The van der Waals surface area contributed by atoms with Gasteiger partial charge in [-0.05, 0) is 114 Å². The predicted octanol–water partition coefficient (Wildman–Crippen LogP) is 4.66. The van der Waals surface area contributed by atoms with Crippen LogP contribution in [0.15, 0.2) is 12.2 Å². The fraction of sp³-hybridized carbons (Fsp3) is 0.833. The molecule has 6 unspecified atom stereocenters. The fourth-order valence-electron chi connectivity index (χ4n) is 4.53. The molecule has 0 aromatic heterocycles. The largest absolute Gasteiger partial charge is 0.616 e. The summed E-state index contributed by atoms with van der Waals surface area (Å²) in [6.45, 7) is 6.92. The highest BCUT2D eigenvalue weighted by Crippen LogP contribution is 2.36. The minimum atomic E-state index is -0.966. The maximum absolute atomic E-state index is 12.9. The minimum absolute atomic E-state index is 0.0000928. The van der Waals surface area contributed by atoms with Gasteiger partial charge in [-0.1, -0.05) is 0 Å². The van der Waals surface area contributed by atoms with E-state index in [4.69, 9.17) is 0 Å². The second-order valence-electron chi connectivity index (χ2n) is 10.7. The Hall–Kier alpha value is -0.700. The van der Waals surface area contributed by atoms with E-state index in [1.807, 2.05) is 12.2 Å². The second kappa shape index (κ2) is 11.6. The molecule has 184 valence electrons. The molecule has 2 heterocycles. The Morgan fingerprint density at radius 3 is 1.44 bits per heavy atom. The summed E-state index contributed by atoms with van der Waals surface area (Å²) in [5, 5.41) is 18.7. The highest BCUT2D eigenvalue weighted by molar-refractivity contribution is 7.93. The van der Waals surface area contributed by atoms with Crippen LogP contribution < -0.4 is 0 Å². The van der Waals surface area contributed by atoms with Crippen LogP contribution >= 0.6 is 0 Å². The van der Waals surface area contributed by atoms with E-state index >= 15 is 0 Å². The van der Waals surface area contributed by atoms with E-state index in [9.17, 15) is 28.9 Å². The summed E-state index contributed by atoms with van der Waals surface area (Å²) in [6.07, 6.45) is 11.8. The van der Waals surface area contributed by atoms with Gasteiger partial charge in [-0.25, -0.2) is 0 Å². The first-order chi connectivity index (χ1) is 14.8. The number of aliphatic carboxylic acids is 2. The van der Waals surface area contributed by atoms with E-state index in [1.165, 1.54) is 0 Å². The van der Waals surface area contributed by atoms with Gasteiger partial charge in [0.25, 0.3) is 0 Å². The maximum Gasteiger partial charge on any atom is 0.309 e. The predicted molar refractivity (Wildman–Crippen MR) is 130 cm³/mol. The highest BCUT2D eigenvalue weighted by Gasteiger charge is 2.40. The molecule has 2 saturated heterocycles. The van der Waals surface area contributed by atoms with Crippen LogP contribution in [-0.2, 0) is 31.9 Å². The molecule has 2 rings (SSSR count). The number of rotatable bonds is 12. The Morgan fingerprint density at radius 2 is 1.12 bits per heavy atom. The molecule has 0 saturated carbocycles. The van der Waals surface area contributed by atoms with Gasteiger partial charge in [0.2, 0.25) is 0 Å². The molecule has 0 radical (unpaired) electrons. The van der Waals surface area contributed by atoms with E-state index < -0.39 is 45.1 Å². The molecule has 0 bridgehead atoms. The van der Waals surface area contributed by atoms with Crippen molar-refractivity contribution < 1.29 is 28.9 Å². The molecule has 6 nitrogen and oxygen atoms in total. The number of carboxylic acid groups (broad SMARTS) is 2. The third-order valence-electron chi connectivity index (χ3n) is 7.15. The van der Waals surface area contributed by atoms with E-state index in [0.29, 0.717) is 12.8 Å². The Labute approximate surface area is 199 Å². The smallest absolute Gasteiger partial charge is 0.309 e. The van der Waals surface area contributed by atoms with Crippen LogP contribution in [0.1, 0.15) is 91.9 Å². The lowest BCUT2D eigenvalue weighted by Crippen LogP contribution is -2.26. The standard InChI is InChI=1S/C24H40O6S2/c1-23(2,21(25)26)15-5-7-17-9-11-19(31(17)29)13-14-20-12-10-18(32(20)30)8-6-16-24(3,4)22(27)28/h13-14,17-20H,5-12,15-16H2,1-4H3,(H,25,26)(H,27,28). The number of carboxylic acids is 2. The molecule has 32 heavy (non-hydrogen) atoms. The molecule has 6 atom stereocenters. The summed E-state index contributed by atoms with van der Waals surface area (Å²) in [5.74, 6) is -1.58. The zero-order valence-corrected chi connectivity index (χ0v) is 21.5. The van der Waals surface area contributed by atoms with Gasteiger partial charge in [0.15, 0.2) is 0 Å². The lowest BCUT2D eigenvalue weighted by atomic mass is 9.87. The third-order valence-corrected chi connectivity index (χ3v) is 11.4. The van der Waals surface area contributed by atoms with Gasteiger partial charge in [0, 0.05) is 12.8 Å². The first-order valence-electron chi connectivity index (χ1n) is 11.8. The molecule has 0 spiro atoms. The minimum Gasteiger partial charge on any atom is -0.616 e. The van der Waals surface area contributed by atoms with Gasteiger partial charge < -0.3 is 19.3 Å². The summed E-state index contributed by atoms with van der Waals surface area (Å²) in [5.41, 5.74) is -1.49. The Kier molecular flexibility index (Phi) is 10.0. The Morgan fingerprint density at radius 1 is 0.781 bits per heavy atom. The van der Waals surface area contributed by atoms with Crippen LogP contribution in [0.2, 0.25) is 0 Å². The van der Waals surface area contributed by atoms with Crippen molar-refractivity contribution in [1.82, 2.24) is 0 Å². The molecule has 0 aromatic rings. The molecular weight excluding hydrogens is 448 g/mol. The normalized spacial score (nSPS) is 31.4. The fourth-order valence-corrected chi connectivity index (χ4v) is 8.28. The van der Waals surface area contributed by atoms with Crippen molar-refractivity contribution in [3.05, 3.63) is 12.2 Å². The van der Waals surface area contributed by atoms with Gasteiger partial charge in [-0.3, -0.25) is 9.59 Å². The summed E-state index contributed by atoms with van der Waals surface area (Å²) in [6, 6.07) is 0. The van der Waals surface area contributed by atoms with Crippen molar-refractivity contribution in [2.24, 2.45) is 10.8 Å². The number of carbonyl (C=O) groups is 2. The number of hydrogen-bond donors (Lipinski definition) is 2. The van der Waals surface area contributed by atoms with Gasteiger partial charge in [-0.2, -0.15) is 0 Å². The quantitative estimate of drug-likeness (QED) is 0.304. The van der Waals surface area contributed by atoms with E-state index in [-0.39, 0.29) is 21.0 Å². The van der Waals surface area contributed by atoms with Crippen LogP contribution in [0.3, 0.4) is 0 Å². The molecule has 2 aliphatic rings. The van der Waals surface area contributed by atoms with Gasteiger partial charge in [0.05, 0.1) is 10.8 Å². The van der Waals surface area contributed by atoms with Crippen molar-refractivity contribution in [2.45, 2.75) is 113 Å². The van der Waals surface area contributed by atoms with Gasteiger partial charge in [-0.15, -0.1) is 0 Å². The zero-order chi connectivity index (χ0) is 24.1. The maximum atomic E-state index is 12.9. The van der Waals surface area contributed by atoms with E-state index in [2.05, 4.69) is 0 Å². The SMILES string of the molecule is CC(C)(CCCC1CCC(C=CC2CCC(CCCC(C)(C)C(=O)O)[S+]2[O-])[S+]1[O-])C(=O)O. The first-order valence-corrected chi connectivity index (χ1v) is 14.3. The zero-order valence-electron chi connectivity index (χ0n) is 19.9. The van der Waals surface area contributed by atoms with Crippen LogP contribution in [0.4, 0.5) is 0 Å². The molecule has 2 N–H and O–H groups in total. The van der Waals surface area contributed by atoms with Crippen molar-refractivity contribution >= 4 is 34.3 Å². The molecular formula is C24H40O6S2. The van der Waals surface area contributed by atoms with Crippen molar-refractivity contribution in [3.8, 4) is 0 Å². The molecule has 0 aliphatic carbocycles. The third kappa shape index (κ3) is 7.40. The van der Waals surface area contributed by atoms with Crippen molar-refractivity contribution in [3.63, 3.8) is 0 Å². The van der Waals surface area contributed by atoms with Crippen LogP contribution in [0.25, 0.3) is 0 Å². The molecule has 0 amide bonds. The molecule has 2 aliphatic heterocycles. The van der Waals surface area contributed by atoms with E-state index in [1.54, 1.807) is 27.7 Å². The van der Waals surface area contributed by atoms with Gasteiger partial charge in [0.1, 0.15) is 21.0 Å². The van der Waals surface area contributed by atoms with E-state index in [0.717, 1.165) is 51.4 Å². The number of hydrogen-bond acceptors (Lipinski definition) is 4. The lowest BCUT2D eigenvalue weighted by Gasteiger charge is -2.22. The lowest BCUT2D eigenvalue weighted by molar-refractivity contribution is -0.148.